The number of anilines is 1. The Balaban J connectivity index is 1.23. The molecule has 0 atom stereocenters. The summed E-state index contributed by atoms with van der Waals surface area (Å²) in [5, 5.41) is 3.06. The molecule has 0 unspecified atom stereocenters. The lowest BCUT2D eigenvalue weighted by atomic mass is 9.96. The zero-order chi connectivity index (χ0) is 21.6. The number of fused-ring (bicyclic) bond motifs is 1. The highest BCUT2D eigenvalue weighted by atomic mass is 16.6. The third-order valence-corrected chi connectivity index (χ3v) is 6.24. The van der Waals surface area contributed by atoms with Gasteiger partial charge < -0.3 is 19.9 Å². The maximum atomic E-state index is 12.5. The Morgan fingerprint density at radius 1 is 1.00 bits per heavy atom. The number of benzene rings is 2. The van der Waals surface area contributed by atoms with Crippen molar-refractivity contribution in [3.05, 3.63) is 65.2 Å². The fraction of sp³-hybridized carbons (Fsp3) is 0.440. The van der Waals surface area contributed by atoms with Gasteiger partial charge in [0.25, 0.3) is 0 Å². The first-order valence-corrected chi connectivity index (χ1v) is 11.2. The summed E-state index contributed by atoms with van der Waals surface area (Å²) in [5.41, 5.74) is 5.14. The van der Waals surface area contributed by atoms with Crippen LogP contribution in [0.4, 0.5) is 10.5 Å². The number of para-hydroxylation sites is 1. The largest absolute Gasteiger partial charge is 0.450 e. The number of likely N-dealkylation sites (tertiary alicyclic amines) is 1. The standard InChI is InChI=1S/C25H31N3O3/c1-2-31-25(30)27-14-12-22(13-15-27)24(29)26-17-19-7-9-20(10-8-19)18-28-16-11-21-5-3-4-6-23(21)28/h3-10,22H,2,11-18H2,1H3,(H,26,29). The van der Waals surface area contributed by atoms with Crippen LogP contribution >= 0.6 is 0 Å². The number of nitrogens with one attached hydrogen (secondary N) is 1. The van der Waals surface area contributed by atoms with Gasteiger partial charge in [-0.25, -0.2) is 4.79 Å². The average molecular weight is 422 g/mol. The van der Waals surface area contributed by atoms with E-state index in [0.29, 0.717) is 39.1 Å². The predicted octanol–water partition coefficient (Wildman–Crippen LogP) is 3.73. The SMILES string of the molecule is CCOC(=O)N1CCC(C(=O)NCc2ccc(CN3CCc4ccccc43)cc2)CC1. The van der Waals surface area contributed by atoms with Gasteiger partial charge >= 0.3 is 6.09 Å². The first-order chi connectivity index (χ1) is 15.1. The molecule has 6 nitrogen and oxygen atoms in total. The predicted molar refractivity (Wildman–Crippen MR) is 121 cm³/mol. The fourth-order valence-electron chi connectivity index (χ4n) is 4.43. The topological polar surface area (TPSA) is 61.9 Å². The summed E-state index contributed by atoms with van der Waals surface area (Å²) in [6.07, 6.45) is 2.19. The Kier molecular flexibility index (Phi) is 6.75. The van der Waals surface area contributed by atoms with E-state index in [-0.39, 0.29) is 17.9 Å². The third kappa shape index (κ3) is 5.19. The van der Waals surface area contributed by atoms with Gasteiger partial charge in [0.1, 0.15) is 0 Å². The normalized spacial score (nSPS) is 16.2. The summed E-state index contributed by atoms with van der Waals surface area (Å²) in [6.45, 7) is 5.83. The van der Waals surface area contributed by atoms with Crippen LogP contribution in [0.2, 0.25) is 0 Å². The molecular weight excluding hydrogens is 390 g/mol. The van der Waals surface area contributed by atoms with E-state index in [0.717, 1.165) is 25.1 Å². The number of hydrogen-bond acceptors (Lipinski definition) is 4. The van der Waals surface area contributed by atoms with Gasteiger partial charge in [-0.05, 0) is 48.9 Å². The van der Waals surface area contributed by atoms with Crippen molar-refractivity contribution in [2.24, 2.45) is 5.92 Å². The molecule has 0 bridgehead atoms. The van der Waals surface area contributed by atoms with E-state index in [1.54, 1.807) is 11.8 Å². The highest BCUT2D eigenvalue weighted by Gasteiger charge is 2.27. The maximum absolute atomic E-state index is 12.5. The third-order valence-electron chi connectivity index (χ3n) is 6.24. The van der Waals surface area contributed by atoms with E-state index in [9.17, 15) is 9.59 Å². The molecular formula is C25H31N3O3. The second-order valence-corrected chi connectivity index (χ2v) is 8.29. The molecule has 1 saturated heterocycles. The summed E-state index contributed by atoms with van der Waals surface area (Å²) >= 11 is 0. The summed E-state index contributed by atoms with van der Waals surface area (Å²) in [4.78, 5) is 28.4. The van der Waals surface area contributed by atoms with Crippen LogP contribution in [0.3, 0.4) is 0 Å². The number of hydrogen-bond donors (Lipinski definition) is 1. The first kappa shape index (κ1) is 21.2. The molecule has 2 aromatic rings. The molecule has 2 amide bonds. The lowest BCUT2D eigenvalue weighted by Gasteiger charge is -2.30. The molecule has 0 spiro atoms. The smallest absolute Gasteiger partial charge is 0.409 e. The number of carbonyl (C=O) groups is 2. The summed E-state index contributed by atoms with van der Waals surface area (Å²) in [5.74, 6) is 0.0291. The number of amides is 2. The van der Waals surface area contributed by atoms with Crippen molar-refractivity contribution in [1.29, 1.82) is 0 Å². The summed E-state index contributed by atoms with van der Waals surface area (Å²) in [6, 6.07) is 17.1. The molecule has 2 heterocycles. The fourth-order valence-corrected chi connectivity index (χ4v) is 4.43. The minimum absolute atomic E-state index is 0.0415. The van der Waals surface area contributed by atoms with Crippen LogP contribution in [0.1, 0.15) is 36.5 Å². The van der Waals surface area contributed by atoms with Crippen molar-refractivity contribution in [2.75, 3.05) is 31.1 Å². The van der Waals surface area contributed by atoms with Crippen LogP contribution in [0.15, 0.2) is 48.5 Å². The lowest BCUT2D eigenvalue weighted by Crippen LogP contribution is -2.43. The van der Waals surface area contributed by atoms with Crippen molar-refractivity contribution >= 4 is 17.7 Å². The molecule has 31 heavy (non-hydrogen) atoms. The molecule has 6 heteroatoms. The Labute approximate surface area is 184 Å². The highest BCUT2D eigenvalue weighted by Crippen LogP contribution is 2.28. The second-order valence-electron chi connectivity index (χ2n) is 8.29. The number of carbonyl (C=O) groups excluding carboxylic acids is 2. The Morgan fingerprint density at radius 3 is 2.45 bits per heavy atom. The highest BCUT2D eigenvalue weighted by molar-refractivity contribution is 5.79. The molecule has 1 fully saturated rings. The Morgan fingerprint density at radius 2 is 1.71 bits per heavy atom. The van der Waals surface area contributed by atoms with E-state index < -0.39 is 0 Å². The molecule has 2 aromatic carbocycles. The molecule has 4 rings (SSSR count). The monoisotopic (exact) mass is 421 g/mol. The minimum Gasteiger partial charge on any atom is -0.450 e. The molecule has 2 aliphatic heterocycles. The maximum Gasteiger partial charge on any atom is 0.409 e. The van der Waals surface area contributed by atoms with Gasteiger partial charge in [0.05, 0.1) is 6.61 Å². The Bertz CT molecular complexity index is 904. The van der Waals surface area contributed by atoms with Crippen molar-refractivity contribution < 1.29 is 14.3 Å². The van der Waals surface area contributed by atoms with Gasteiger partial charge in [0.15, 0.2) is 0 Å². The van der Waals surface area contributed by atoms with E-state index in [1.165, 1.54) is 16.8 Å². The van der Waals surface area contributed by atoms with E-state index >= 15 is 0 Å². The van der Waals surface area contributed by atoms with Gasteiger partial charge in [0, 0.05) is 44.3 Å². The van der Waals surface area contributed by atoms with E-state index in [2.05, 4.69) is 58.7 Å². The van der Waals surface area contributed by atoms with Crippen molar-refractivity contribution in [2.45, 2.75) is 39.3 Å². The van der Waals surface area contributed by atoms with Crippen LogP contribution in [0, 0.1) is 5.92 Å². The molecule has 2 aliphatic rings. The van der Waals surface area contributed by atoms with Crippen molar-refractivity contribution in [1.82, 2.24) is 10.2 Å². The Hall–Kier alpha value is -3.02. The molecule has 164 valence electrons. The van der Waals surface area contributed by atoms with Crippen LogP contribution < -0.4 is 10.2 Å². The number of rotatable bonds is 6. The molecule has 0 aromatic heterocycles. The van der Waals surface area contributed by atoms with E-state index in [1.807, 2.05) is 0 Å². The first-order valence-electron chi connectivity index (χ1n) is 11.2. The van der Waals surface area contributed by atoms with Gasteiger partial charge in [-0.1, -0.05) is 42.5 Å². The second kappa shape index (κ2) is 9.86. The van der Waals surface area contributed by atoms with Crippen LogP contribution in [0.5, 0.6) is 0 Å². The minimum atomic E-state index is -0.279. The van der Waals surface area contributed by atoms with Crippen LogP contribution in [-0.4, -0.2) is 43.1 Å². The number of piperidine rings is 1. The average Bonchev–Trinajstić information content (AvgIpc) is 3.21. The molecule has 0 aliphatic carbocycles. The quantitative estimate of drug-likeness (QED) is 0.772. The lowest BCUT2D eigenvalue weighted by molar-refractivity contribution is -0.126. The zero-order valence-corrected chi connectivity index (χ0v) is 18.2. The molecule has 0 saturated carbocycles. The van der Waals surface area contributed by atoms with Crippen LogP contribution in [0.25, 0.3) is 0 Å². The van der Waals surface area contributed by atoms with Crippen LogP contribution in [-0.2, 0) is 29.0 Å². The van der Waals surface area contributed by atoms with E-state index in [4.69, 9.17) is 4.74 Å². The van der Waals surface area contributed by atoms with Gasteiger partial charge in [0.2, 0.25) is 5.91 Å². The number of nitrogens with zero attached hydrogens (tertiary/aromatic N) is 2. The van der Waals surface area contributed by atoms with Crippen molar-refractivity contribution in [3.63, 3.8) is 0 Å². The van der Waals surface area contributed by atoms with Crippen molar-refractivity contribution in [3.8, 4) is 0 Å². The molecule has 1 N–H and O–H groups in total. The number of ether oxygens (including phenoxy) is 1. The van der Waals surface area contributed by atoms with Gasteiger partial charge in [-0.2, -0.15) is 0 Å². The molecule has 0 radical (unpaired) electrons. The summed E-state index contributed by atoms with van der Waals surface area (Å²) in [7, 11) is 0. The summed E-state index contributed by atoms with van der Waals surface area (Å²) < 4.78 is 5.03. The zero-order valence-electron chi connectivity index (χ0n) is 18.2. The van der Waals surface area contributed by atoms with Gasteiger partial charge in [-0.3, -0.25) is 4.79 Å². The van der Waals surface area contributed by atoms with Gasteiger partial charge in [-0.15, -0.1) is 0 Å².